The lowest BCUT2D eigenvalue weighted by atomic mass is 9.68. The second kappa shape index (κ2) is 44.8. The minimum Gasteiger partial charge on any atom is -0.381 e. The van der Waals surface area contributed by atoms with E-state index in [1.165, 1.54) is 180 Å². The highest BCUT2D eigenvalue weighted by atomic mass is 16.5. The van der Waals surface area contributed by atoms with Crippen LogP contribution in [0.1, 0.15) is 289 Å². The monoisotopic (exact) mass is 1180 g/mol. The molecule has 84 heavy (non-hydrogen) atoms. The molecule has 11 rings (SSSR count). The molecule has 11 aliphatic rings. The van der Waals surface area contributed by atoms with Crippen molar-refractivity contribution in [3.63, 3.8) is 0 Å². The van der Waals surface area contributed by atoms with E-state index in [1.54, 1.807) is 19.3 Å². The predicted molar refractivity (Wildman–Crippen MR) is 359 cm³/mol. The SMILES string of the molecule is CCOCC(C)(CC)CC.CCOCC(CC)(CC)CC.CCOCC1C2CC3CC(C2)C1C3.CCOCC1CC2C=CC1C2.CCOCC1CCC(C2CCCCC2)CC1.CCOCC1CCC2CCCCC2C1.CCOCC1CCCC1. The van der Waals surface area contributed by atoms with E-state index < -0.39 is 0 Å². The van der Waals surface area contributed by atoms with Crippen molar-refractivity contribution in [3.8, 4) is 0 Å². The van der Waals surface area contributed by atoms with Crippen molar-refractivity contribution in [2.75, 3.05) is 92.5 Å². The van der Waals surface area contributed by atoms with Crippen LogP contribution in [-0.4, -0.2) is 92.5 Å². The summed E-state index contributed by atoms with van der Waals surface area (Å²) in [6, 6.07) is 0. The van der Waals surface area contributed by atoms with Crippen molar-refractivity contribution in [2.45, 2.75) is 289 Å². The molecule has 7 nitrogen and oxygen atoms in total. The Kier molecular flexibility index (Phi) is 40.5. The first-order valence-electron chi connectivity index (χ1n) is 37.7. The van der Waals surface area contributed by atoms with E-state index in [2.05, 4.69) is 95.2 Å². The number of rotatable bonds is 27. The average molecular weight is 1180 g/mol. The molecule has 0 aromatic rings. The molecule has 7 heteroatoms. The molecule has 0 amide bonds. The zero-order valence-corrected chi connectivity index (χ0v) is 58.5. The second-order valence-corrected chi connectivity index (χ2v) is 29.2. The van der Waals surface area contributed by atoms with Gasteiger partial charge in [0.05, 0.1) is 13.2 Å². The van der Waals surface area contributed by atoms with Crippen LogP contribution in [0.5, 0.6) is 0 Å². The molecule has 0 saturated heterocycles. The number of fused-ring (bicyclic) bond motifs is 3. The molecule has 6 bridgehead atoms. The lowest BCUT2D eigenvalue weighted by Crippen LogP contribution is -2.29. The summed E-state index contributed by atoms with van der Waals surface area (Å²) < 4.78 is 38.3. The maximum atomic E-state index is 5.62. The van der Waals surface area contributed by atoms with Crippen LogP contribution < -0.4 is 0 Å². The van der Waals surface area contributed by atoms with Gasteiger partial charge >= 0.3 is 0 Å². The van der Waals surface area contributed by atoms with Gasteiger partial charge in [-0.25, -0.2) is 0 Å². The molecule has 10 fully saturated rings. The third-order valence-electron chi connectivity index (χ3n) is 23.9. The van der Waals surface area contributed by atoms with Gasteiger partial charge in [0.25, 0.3) is 0 Å². The molecule has 11 aliphatic carbocycles. The molecule has 0 radical (unpaired) electrons. The Balaban J connectivity index is 0.000000212. The molecule has 0 aromatic heterocycles. The normalized spacial score (nSPS) is 31.1. The van der Waals surface area contributed by atoms with Crippen molar-refractivity contribution >= 4 is 0 Å². The van der Waals surface area contributed by atoms with Gasteiger partial charge in [-0.1, -0.05) is 124 Å². The van der Waals surface area contributed by atoms with Crippen LogP contribution in [0, 0.1) is 99.6 Å². The smallest absolute Gasteiger partial charge is 0.0521 e. The van der Waals surface area contributed by atoms with Gasteiger partial charge in [0, 0.05) is 79.3 Å². The van der Waals surface area contributed by atoms with Crippen molar-refractivity contribution in [3.05, 3.63) is 12.2 Å². The lowest BCUT2D eigenvalue weighted by Gasteiger charge is -2.39. The van der Waals surface area contributed by atoms with Crippen molar-refractivity contribution in [1.29, 1.82) is 0 Å². The summed E-state index contributed by atoms with van der Waals surface area (Å²) in [5.74, 6) is 14.8. The van der Waals surface area contributed by atoms with Crippen LogP contribution in [0.3, 0.4) is 0 Å². The minimum absolute atomic E-state index is 0.413. The van der Waals surface area contributed by atoms with Crippen molar-refractivity contribution < 1.29 is 33.2 Å². The second-order valence-electron chi connectivity index (χ2n) is 29.2. The fourth-order valence-corrected chi connectivity index (χ4v) is 17.5. The quantitative estimate of drug-likeness (QED) is 0.0759. The number of ether oxygens (including phenoxy) is 7. The fraction of sp³-hybridized carbons (Fsp3) is 0.974. The van der Waals surface area contributed by atoms with E-state index in [9.17, 15) is 0 Å². The van der Waals surface area contributed by atoms with Crippen LogP contribution in [0.4, 0.5) is 0 Å². The highest BCUT2D eigenvalue weighted by molar-refractivity contribution is 5.10. The number of hydrogen-bond acceptors (Lipinski definition) is 7. The maximum absolute atomic E-state index is 5.62. The summed E-state index contributed by atoms with van der Waals surface area (Å²) in [5.41, 5.74) is 0.867. The third-order valence-corrected chi connectivity index (χ3v) is 23.9. The Labute approximate surface area is 524 Å². The summed E-state index contributed by atoms with van der Waals surface area (Å²) in [4.78, 5) is 0. The van der Waals surface area contributed by atoms with Crippen LogP contribution in [-0.2, 0) is 33.2 Å². The summed E-state index contributed by atoms with van der Waals surface area (Å²) in [6.45, 7) is 41.2. The van der Waals surface area contributed by atoms with Gasteiger partial charge in [-0.2, -0.15) is 0 Å². The zero-order valence-electron chi connectivity index (χ0n) is 58.5. The van der Waals surface area contributed by atoms with E-state index in [-0.39, 0.29) is 0 Å². The van der Waals surface area contributed by atoms with Gasteiger partial charge in [-0.3, -0.25) is 0 Å². The maximum Gasteiger partial charge on any atom is 0.0521 e. The van der Waals surface area contributed by atoms with Crippen LogP contribution in [0.2, 0.25) is 0 Å². The van der Waals surface area contributed by atoms with Crippen molar-refractivity contribution in [1.82, 2.24) is 0 Å². The topological polar surface area (TPSA) is 64.6 Å². The van der Waals surface area contributed by atoms with Crippen LogP contribution >= 0.6 is 0 Å². The Morgan fingerprint density at radius 2 is 0.786 bits per heavy atom. The predicted octanol–water partition coefficient (Wildman–Crippen LogP) is 21.3. The zero-order chi connectivity index (χ0) is 60.8. The molecule has 0 aromatic carbocycles. The van der Waals surface area contributed by atoms with Gasteiger partial charge < -0.3 is 33.2 Å². The summed E-state index contributed by atoms with van der Waals surface area (Å²) in [7, 11) is 0. The Bertz CT molecular complexity index is 1540. The van der Waals surface area contributed by atoms with Crippen LogP contribution in [0.25, 0.3) is 0 Å². The minimum atomic E-state index is 0.413. The molecule has 0 N–H and O–H groups in total. The number of allylic oxidation sites excluding steroid dienone is 2. The first-order chi connectivity index (χ1) is 40.9. The van der Waals surface area contributed by atoms with E-state index >= 15 is 0 Å². The van der Waals surface area contributed by atoms with E-state index in [1.807, 2.05) is 6.92 Å². The molecule has 0 aliphatic heterocycles. The van der Waals surface area contributed by atoms with Crippen molar-refractivity contribution in [2.24, 2.45) is 99.6 Å². The third kappa shape index (κ3) is 27.5. The molecule has 11 unspecified atom stereocenters. The standard InChI is InChI=1S/C15H28O.C13H24O.C12H20O.C10H16O.C10H22O.C9H20O.C8H16O/c1-2-16-12-13-8-10-15(11-9-13)14-6-4-3-5-7-14;1-2-14-10-11-7-8-12-5-3-4-6-13(12)9-11;1-2-13-7-12-10-4-8-3-9(6-10)11(12)5-8;1-2-11-7-10-6-8-3-4-9(10)5-8;1-5-10(6-2,7-3)9-11-8-4;1-5-9(4,6-2)8-10-7-3;1-2-9-7-8-5-3-4-6-8/h13-15H,2-12H2,1H3;11-13H,2-10H2,1H3;8-12H,2-7H2,1H3;3-4,8-10H,2,5-7H2,1H3;5-9H2,1-4H3;5-8H2,1-4H3;8H,2-7H2,1H3. The number of hydrogen-bond donors (Lipinski definition) is 0. The van der Waals surface area contributed by atoms with E-state index in [0.29, 0.717) is 10.8 Å². The molecule has 0 spiro atoms. The van der Waals surface area contributed by atoms with Gasteiger partial charge in [-0.15, -0.1) is 0 Å². The fourth-order valence-electron chi connectivity index (χ4n) is 17.5. The van der Waals surface area contributed by atoms with E-state index in [0.717, 1.165) is 181 Å². The summed E-state index contributed by atoms with van der Waals surface area (Å²) >= 11 is 0. The Morgan fingerprint density at radius 1 is 0.333 bits per heavy atom. The molecule has 0 heterocycles. The first-order valence-corrected chi connectivity index (χ1v) is 37.7. The van der Waals surface area contributed by atoms with Crippen LogP contribution in [0.15, 0.2) is 12.2 Å². The largest absolute Gasteiger partial charge is 0.381 e. The molecule has 10 saturated carbocycles. The molecule has 11 atom stereocenters. The van der Waals surface area contributed by atoms with Gasteiger partial charge in [0.1, 0.15) is 0 Å². The van der Waals surface area contributed by atoms with Gasteiger partial charge in [0.15, 0.2) is 0 Å². The van der Waals surface area contributed by atoms with E-state index in [4.69, 9.17) is 33.2 Å². The van der Waals surface area contributed by atoms with Gasteiger partial charge in [-0.05, 0) is 276 Å². The van der Waals surface area contributed by atoms with Gasteiger partial charge in [0.2, 0.25) is 0 Å². The first kappa shape index (κ1) is 75.9. The molecular weight excluding hydrogens is 1040 g/mol. The summed E-state index contributed by atoms with van der Waals surface area (Å²) in [5, 5.41) is 0. The average Bonchev–Trinajstić information content (AvgIpc) is 2.49. The molecule has 496 valence electrons. The lowest BCUT2D eigenvalue weighted by molar-refractivity contribution is 0.0421. The molecular formula is C77H146O7. The Morgan fingerprint density at radius 3 is 1.30 bits per heavy atom. The highest BCUT2D eigenvalue weighted by Gasteiger charge is 2.53. The summed E-state index contributed by atoms with van der Waals surface area (Å²) in [6.07, 6.45) is 49.3. The Hall–Kier alpha value is -0.540. The highest BCUT2D eigenvalue weighted by Crippen LogP contribution is 2.61.